The Kier molecular flexibility index (Phi) is 7.68. The summed E-state index contributed by atoms with van der Waals surface area (Å²) >= 11 is 0. The van der Waals surface area contributed by atoms with Crippen LogP contribution in [0, 0.1) is 0 Å². The van der Waals surface area contributed by atoms with Gasteiger partial charge in [0.05, 0.1) is 17.6 Å². The summed E-state index contributed by atoms with van der Waals surface area (Å²) in [5.74, 6) is -0.333. The molecule has 1 unspecified atom stereocenters. The Bertz CT molecular complexity index is 846. The summed E-state index contributed by atoms with van der Waals surface area (Å²) in [6, 6.07) is 5.90. The van der Waals surface area contributed by atoms with Crippen molar-refractivity contribution in [1.82, 2.24) is 14.9 Å². The van der Waals surface area contributed by atoms with E-state index in [0.29, 0.717) is 39.1 Å². The van der Waals surface area contributed by atoms with Gasteiger partial charge in [0.25, 0.3) is 5.91 Å². The normalized spacial score (nSPS) is 20.2. The molecule has 0 aromatic heterocycles. The first-order valence-electron chi connectivity index (χ1n) is 10.3. The fourth-order valence-electron chi connectivity index (χ4n) is 3.59. The number of hydrogen-bond acceptors (Lipinski definition) is 6. The van der Waals surface area contributed by atoms with Crippen LogP contribution in [-0.4, -0.2) is 70.3 Å². The molecule has 0 bridgehead atoms. The van der Waals surface area contributed by atoms with Gasteiger partial charge in [-0.3, -0.25) is 4.79 Å². The minimum atomic E-state index is -3.73. The molecule has 2 fully saturated rings. The molecule has 3 rings (SSSR count). The first-order chi connectivity index (χ1) is 14.4. The van der Waals surface area contributed by atoms with E-state index >= 15 is 0 Å². The van der Waals surface area contributed by atoms with Gasteiger partial charge >= 0.3 is 6.09 Å². The maximum Gasteiger partial charge on any atom is 0.409 e. The quantitative estimate of drug-likeness (QED) is 0.665. The monoisotopic (exact) mass is 439 g/mol. The summed E-state index contributed by atoms with van der Waals surface area (Å²) in [5.41, 5.74) is 0.280. The van der Waals surface area contributed by atoms with Crippen molar-refractivity contribution in [2.45, 2.75) is 49.6 Å². The van der Waals surface area contributed by atoms with Crippen molar-refractivity contribution in [3.63, 3.8) is 0 Å². The maximum atomic E-state index is 12.6. The highest BCUT2D eigenvalue weighted by Crippen LogP contribution is 2.16. The Morgan fingerprint density at radius 1 is 1.23 bits per heavy atom. The van der Waals surface area contributed by atoms with Crippen LogP contribution in [0.15, 0.2) is 29.2 Å². The molecule has 2 saturated heterocycles. The number of sulfonamides is 1. The maximum absolute atomic E-state index is 12.6. The molecule has 1 atom stereocenters. The molecule has 9 nitrogen and oxygen atoms in total. The summed E-state index contributed by atoms with van der Waals surface area (Å²) in [5, 5.41) is 2.93. The van der Waals surface area contributed by atoms with Crippen LogP contribution in [0.2, 0.25) is 0 Å². The number of ether oxygens (including phenoxy) is 2. The minimum absolute atomic E-state index is 0.0466. The molecule has 2 aliphatic rings. The second-order valence-electron chi connectivity index (χ2n) is 7.45. The lowest BCUT2D eigenvalue weighted by molar-refractivity contribution is 0.0860. The average Bonchev–Trinajstić information content (AvgIpc) is 3.27. The largest absolute Gasteiger partial charge is 0.450 e. The Hall–Kier alpha value is -2.17. The van der Waals surface area contributed by atoms with Gasteiger partial charge in [0, 0.05) is 37.8 Å². The molecular weight excluding hydrogens is 410 g/mol. The molecule has 1 aromatic rings. The second kappa shape index (κ2) is 10.2. The molecule has 166 valence electrons. The predicted octanol–water partition coefficient (Wildman–Crippen LogP) is 1.49. The number of hydrogen-bond donors (Lipinski definition) is 2. The summed E-state index contributed by atoms with van der Waals surface area (Å²) < 4.78 is 38.1. The molecule has 30 heavy (non-hydrogen) atoms. The van der Waals surface area contributed by atoms with Crippen LogP contribution in [0.4, 0.5) is 4.79 Å². The number of nitrogens with zero attached hydrogens (tertiary/aromatic N) is 1. The molecule has 1 aromatic carbocycles. The lowest BCUT2D eigenvalue weighted by Crippen LogP contribution is -2.46. The van der Waals surface area contributed by atoms with Gasteiger partial charge in [0.1, 0.15) is 0 Å². The van der Waals surface area contributed by atoms with Crippen LogP contribution in [0.5, 0.6) is 0 Å². The van der Waals surface area contributed by atoms with E-state index in [0.717, 1.165) is 12.8 Å². The fraction of sp³-hybridized carbons (Fsp3) is 0.600. The van der Waals surface area contributed by atoms with Crippen molar-refractivity contribution in [2.75, 3.05) is 32.8 Å². The van der Waals surface area contributed by atoms with E-state index in [1.54, 1.807) is 24.0 Å². The number of likely N-dealkylation sites (tertiary alicyclic amines) is 1. The van der Waals surface area contributed by atoms with Gasteiger partial charge in [0.15, 0.2) is 0 Å². The van der Waals surface area contributed by atoms with Crippen molar-refractivity contribution >= 4 is 22.0 Å². The number of nitrogens with one attached hydrogen (secondary N) is 2. The predicted molar refractivity (Wildman–Crippen MR) is 110 cm³/mol. The number of carbonyl (C=O) groups excluding carboxylic acids is 2. The van der Waals surface area contributed by atoms with E-state index in [4.69, 9.17) is 9.47 Å². The van der Waals surface area contributed by atoms with Crippen LogP contribution >= 0.6 is 0 Å². The molecule has 2 amide bonds. The molecular formula is C20H29N3O6S. The van der Waals surface area contributed by atoms with Gasteiger partial charge in [0.2, 0.25) is 10.0 Å². The van der Waals surface area contributed by atoms with E-state index in [-0.39, 0.29) is 41.1 Å². The van der Waals surface area contributed by atoms with Gasteiger partial charge in [-0.15, -0.1) is 0 Å². The zero-order valence-electron chi connectivity index (χ0n) is 17.1. The fourth-order valence-corrected chi connectivity index (χ4v) is 4.70. The van der Waals surface area contributed by atoms with Gasteiger partial charge in [-0.1, -0.05) is 6.07 Å². The van der Waals surface area contributed by atoms with E-state index in [1.807, 2.05) is 0 Å². The standard InChI is InChI=1S/C20H29N3O6S/c1-2-28-20(25)23-10-8-16(9-11-23)22-19(24)15-5-3-7-18(13-15)30(26,27)21-14-17-6-4-12-29-17/h3,5,7,13,16-17,21H,2,4,6,8-12,14H2,1H3,(H,22,24). The molecule has 2 N–H and O–H groups in total. The van der Waals surface area contributed by atoms with Crippen LogP contribution in [0.25, 0.3) is 0 Å². The number of carbonyl (C=O) groups is 2. The van der Waals surface area contributed by atoms with Crippen molar-refractivity contribution < 1.29 is 27.5 Å². The van der Waals surface area contributed by atoms with Crippen molar-refractivity contribution in [3.8, 4) is 0 Å². The lowest BCUT2D eigenvalue weighted by atomic mass is 10.0. The second-order valence-corrected chi connectivity index (χ2v) is 9.22. The van der Waals surface area contributed by atoms with Crippen LogP contribution in [-0.2, 0) is 19.5 Å². The zero-order chi connectivity index (χ0) is 21.6. The SMILES string of the molecule is CCOC(=O)N1CCC(NC(=O)c2cccc(S(=O)(=O)NCC3CCCO3)c2)CC1. The zero-order valence-corrected chi connectivity index (χ0v) is 17.9. The van der Waals surface area contributed by atoms with Crippen LogP contribution in [0.3, 0.4) is 0 Å². The van der Waals surface area contributed by atoms with Crippen molar-refractivity contribution in [1.29, 1.82) is 0 Å². The lowest BCUT2D eigenvalue weighted by Gasteiger charge is -2.31. The Morgan fingerprint density at radius 2 is 2.00 bits per heavy atom. The number of benzene rings is 1. The van der Waals surface area contributed by atoms with E-state index in [2.05, 4.69) is 10.0 Å². The van der Waals surface area contributed by atoms with Gasteiger partial charge in [-0.05, 0) is 50.8 Å². The molecule has 10 heteroatoms. The smallest absolute Gasteiger partial charge is 0.409 e. The number of piperidine rings is 1. The van der Waals surface area contributed by atoms with E-state index < -0.39 is 10.0 Å². The molecule has 0 radical (unpaired) electrons. The first kappa shape index (κ1) is 22.5. The Morgan fingerprint density at radius 3 is 2.67 bits per heavy atom. The van der Waals surface area contributed by atoms with Gasteiger partial charge in [-0.25, -0.2) is 17.9 Å². The topological polar surface area (TPSA) is 114 Å². The van der Waals surface area contributed by atoms with Crippen LogP contribution in [0.1, 0.15) is 43.0 Å². The summed E-state index contributed by atoms with van der Waals surface area (Å²) in [6.07, 6.45) is 2.56. The third-order valence-corrected chi connectivity index (χ3v) is 6.71. The molecule has 2 aliphatic heterocycles. The molecule has 0 spiro atoms. The highest BCUT2D eigenvalue weighted by Gasteiger charge is 2.25. The summed E-state index contributed by atoms with van der Waals surface area (Å²) in [4.78, 5) is 26.1. The number of rotatable bonds is 7. The van der Waals surface area contributed by atoms with Crippen molar-refractivity contribution in [3.05, 3.63) is 29.8 Å². The third-order valence-electron chi connectivity index (χ3n) is 5.29. The van der Waals surface area contributed by atoms with E-state index in [1.165, 1.54) is 12.1 Å². The van der Waals surface area contributed by atoms with Gasteiger partial charge < -0.3 is 19.7 Å². The van der Waals surface area contributed by atoms with Crippen LogP contribution < -0.4 is 10.0 Å². The number of amides is 2. The summed E-state index contributed by atoms with van der Waals surface area (Å²) in [7, 11) is -3.73. The van der Waals surface area contributed by atoms with E-state index in [9.17, 15) is 18.0 Å². The van der Waals surface area contributed by atoms with Crippen molar-refractivity contribution in [2.24, 2.45) is 0 Å². The highest BCUT2D eigenvalue weighted by molar-refractivity contribution is 7.89. The minimum Gasteiger partial charge on any atom is -0.450 e. The molecule has 0 aliphatic carbocycles. The Balaban J connectivity index is 1.55. The highest BCUT2D eigenvalue weighted by atomic mass is 32.2. The first-order valence-corrected chi connectivity index (χ1v) is 11.8. The Labute approximate surface area is 177 Å². The average molecular weight is 440 g/mol. The molecule has 2 heterocycles. The third kappa shape index (κ3) is 5.93. The summed E-state index contributed by atoms with van der Waals surface area (Å²) in [6.45, 7) is 3.98. The molecule has 0 saturated carbocycles. The van der Waals surface area contributed by atoms with Gasteiger partial charge in [-0.2, -0.15) is 0 Å².